The van der Waals surface area contributed by atoms with Gasteiger partial charge in [-0.3, -0.25) is 4.79 Å². The van der Waals surface area contributed by atoms with Crippen LogP contribution in [0.2, 0.25) is 5.02 Å². The van der Waals surface area contributed by atoms with E-state index in [1.54, 1.807) is 0 Å². The summed E-state index contributed by atoms with van der Waals surface area (Å²) >= 11 is 6.32. The number of rotatable bonds is 2. The molecule has 3 rings (SSSR count). The van der Waals surface area contributed by atoms with Crippen molar-refractivity contribution in [1.29, 1.82) is 0 Å². The molecule has 0 amide bonds. The maximum atomic E-state index is 11.7. The zero-order valence-corrected chi connectivity index (χ0v) is 12.5. The van der Waals surface area contributed by atoms with Gasteiger partial charge in [0, 0.05) is 17.4 Å². The number of Topliss-reactive ketones (excluding diaryl/α,β-unsaturated/α-hetero) is 1. The predicted octanol–water partition coefficient (Wildman–Crippen LogP) is 3.96. The number of ketones is 1. The molecular weight excluding hydrogens is 292 g/mol. The molecule has 4 nitrogen and oxygen atoms in total. The Labute approximate surface area is 128 Å². The lowest BCUT2D eigenvalue weighted by atomic mass is 9.95. The van der Waals surface area contributed by atoms with Gasteiger partial charge in [-0.25, -0.2) is 4.79 Å². The van der Waals surface area contributed by atoms with Crippen LogP contribution in [0.15, 0.2) is 12.1 Å². The maximum Gasteiger partial charge on any atom is 0.503 e. The van der Waals surface area contributed by atoms with E-state index in [0.29, 0.717) is 5.78 Å². The quantitative estimate of drug-likeness (QED) is 0.867. The minimum absolute atomic E-state index is 0.229. The van der Waals surface area contributed by atoms with Gasteiger partial charge < -0.3 is 10.2 Å². The minimum atomic E-state index is -1.83. The monoisotopic (exact) mass is 310 g/mol. The first kappa shape index (κ1) is 15.8. The van der Waals surface area contributed by atoms with Gasteiger partial charge in [-0.2, -0.15) is 0 Å². The number of fused-ring (bicyclic) bond motifs is 1. The Morgan fingerprint density at radius 2 is 1.76 bits per heavy atom. The van der Waals surface area contributed by atoms with E-state index in [9.17, 15) is 4.79 Å². The highest BCUT2D eigenvalue weighted by atomic mass is 35.5. The average Bonchev–Trinajstić information content (AvgIpc) is 2.99. The molecule has 1 saturated carbocycles. The standard InChI is InChI=1S/C15H17ClO.CH2O3/c16-14-9-11-4-1-3-10(11)7-13(14)8-12-5-2-6-15(12)17;2-1(3)4/h7,9,12H,1-6,8H2;(H2,2,3,4). The molecule has 2 aliphatic carbocycles. The molecule has 21 heavy (non-hydrogen) atoms. The summed E-state index contributed by atoms with van der Waals surface area (Å²) in [6, 6.07) is 4.37. The van der Waals surface area contributed by atoms with Crippen LogP contribution in [0.25, 0.3) is 0 Å². The second-order valence-electron chi connectivity index (χ2n) is 5.61. The Morgan fingerprint density at radius 3 is 2.33 bits per heavy atom. The van der Waals surface area contributed by atoms with Crippen molar-refractivity contribution in [1.82, 2.24) is 0 Å². The van der Waals surface area contributed by atoms with E-state index in [4.69, 9.17) is 26.6 Å². The van der Waals surface area contributed by atoms with Crippen molar-refractivity contribution >= 4 is 23.5 Å². The second kappa shape index (κ2) is 6.94. The summed E-state index contributed by atoms with van der Waals surface area (Å²) in [5.41, 5.74) is 4.05. The van der Waals surface area contributed by atoms with Crippen LogP contribution in [0.5, 0.6) is 0 Å². The van der Waals surface area contributed by atoms with Gasteiger partial charge in [-0.1, -0.05) is 17.7 Å². The zero-order valence-electron chi connectivity index (χ0n) is 11.8. The van der Waals surface area contributed by atoms with Crippen LogP contribution < -0.4 is 0 Å². The normalized spacial score (nSPS) is 19.9. The molecule has 0 spiro atoms. The SMILES string of the molecule is O=C(O)O.O=C1CCCC1Cc1cc2c(cc1Cl)CCC2. The first-order chi connectivity index (χ1) is 9.97. The van der Waals surface area contributed by atoms with E-state index >= 15 is 0 Å². The molecule has 2 N–H and O–H groups in total. The van der Waals surface area contributed by atoms with E-state index in [0.717, 1.165) is 37.1 Å². The number of benzene rings is 1. The van der Waals surface area contributed by atoms with Gasteiger partial charge in [0.1, 0.15) is 5.78 Å². The van der Waals surface area contributed by atoms with Gasteiger partial charge in [0.05, 0.1) is 0 Å². The number of carbonyl (C=O) groups excluding carboxylic acids is 1. The molecule has 114 valence electrons. The number of hydrogen-bond acceptors (Lipinski definition) is 2. The van der Waals surface area contributed by atoms with Crippen molar-refractivity contribution < 1.29 is 19.8 Å². The van der Waals surface area contributed by atoms with Crippen LogP contribution in [-0.4, -0.2) is 22.2 Å². The topological polar surface area (TPSA) is 74.6 Å². The van der Waals surface area contributed by atoms with Crippen LogP contribution in [0, 0.1) is 5.92 Å². The summed E-state index contributed by atoms with van der Waals surface area (Å²) in [6.45, 7) is 0. The van der Waals surface area contributed by atoms with Crippen molar-refractivity contribution in [2.45, 2.75) is 44.9 Å². The molecule has 1 aromatic carbocycles. The van der Waals surface area contributed by atoms with Crippen LogP contribution >= 0.6 is 11.6 Å². The smallest absolute Gasteiger partial charge is 0.450 e. The fourth-order valence-electron chi connectivity index (χ4n) is 3.17. The highest BCUT2D eigenvalue weighted by molar-refractivity contribution is 6.31. The molecule has 1 atom stereocenters. The van der Waals surface area contributed by atoms with Crippen molar-refractivity contribution in [3.63, 3.8) is 0 Å². The highest BCUT2D eigenvalue weighted by Crippen LogP contribution is 2.32. The summed E-state index contributed by atoms with van der Waals surface area (Å²) in [5.74, 6) is 0.661. The molecule has 0 aromatic heterocycles. The average molecular weight is 311 g/mol. The molecule has 2 aliphatic rings. The predicted molar refractivity (Wildman–Crippen MR) is 80.2 cm³/mol. The Hall–Kier alpha value is -1.55. The Bertz CT molecular complexity index is 549. The minimum Gasteiger partial charge on any atom is -0.450 e. The number of hydrogen-bond donors (Lipinski definition) is 2. The lowest BCUT2D eigenvalue weighted by Gasteiger charge is -2.11. The molecule has 0 saturated heterocycles. The Balaban J connectivity index is 0.000000361. The molecule has 0 bridgehead atoms. The summed E-state index contributed by atoms with van der Waals surface area (Å²) in [6.07, 6.45) is 5.49. The second-order valence-corrected chi connectivity index (χ2v) is 6.02. The zero-order chi connectivity index (χ0) is 15.4. The molecule has 0 radical (unpaired) electrons. The van der Waals surface area contributed by atoms with Crippen molar-refractivity contribution in [3.8, 4) is 0 Å². The molecule has 0 aliphatic heterocycles. The van der Waals surface area contributed by atoms with Gasteiger partial charge in [0.2, 0.25) is 0 Å². The third-order valence-electron chi connectivity index (χ3n) is 4.16. The molecule has 1 aromatic rings. The summed E-state index contributed by atoms with van der Waals surface area (Å²) < 4.78 is 0. The number of carbonyl (C=O) groups is 2. The molecule has 1 fully saturated rings. The Kier molecular flexibility index (Phi) is 5.23. The first-order valence-corrected chi connectivity index (χ1v) is 7.60. The summed E-state index contributed by atoms with van der Waals surface area (Å²) in [4.78, 5) is 20.2. The van der Waals surface area contributed by atoms with Gasteiger partial charge in [0.25, 0.3) is 0 Å². The molecular formula is C16H19ClO4. The van der Waals surface area contributed by atoms with Crippen LogP contribution in [0.1, 0.15) is 42.4 Å². The van der Waals surface area contributed by atoms with Gasteiger partial charge in [-0.15, -0.1) is 0 Å². The van der Waals surface area contributed by atoms with Crippen molar-refractivity contribution in [2.24, 2.45) is 5.92 Å². The highest BCUT2D eigenvalue weighted by Gasteiger charge is 2.25. The molecule has 5 heteroatoms. The summed E-state index contributed by atoms with van der Waals surface area (Å²) in [7, 11) is 0. The lowest BCUT2D eigenvalue weighted by molar-refractivity contribution is -0.120. The Morgan fingerprint density at radius 1 is 1.14 bits per heavy atom. The van der Waals surface area contributed by atoms with Gasteiger partial charge in [-0.05, 0) is 61.3 Å². The van der Waals surface area contributed by atoms with E-state index < -0.39 is 6.16 Å². The van der Waals surface area contributed by atoms with Gasteiger partial charge in [0.15, 0.2) is 0 Å². The van der Waals surface area contributed by atoms with E-state index in [1.807, 2.05) is 0 Å². The van der Waals surface area contributed by atoms with E-state index in [-0.39, 0.29) is 5.92 Å². The van der Waals surface area contributed by atoms with Crippen molar-refractivity contribution in [3.05, 3.63) is 33.8 Å². The first-order valence-electron chi connectivity index (χ1n) is 7.22. The van der Waals surface area contributed by atoms with Crippen LogP contribution in [0.4, 0.5) is 4.79 Å². The summed E-state index contributed by atoms with van der Waals surface area (Å²) in [5, 5.41) is 14.8. The molecule has 1 unspecified atom stereocenters. The van der Waals surface area contributed by atoms with Crippen molar-refractivity contribution in [2.75, 3.05) is 0 Å². The lowest BCUT2D eigenvalue weighted by Crippen LogP contribution is -2.10. The van der Waals surface area contributed by atoms with Crippen LogP contribution in [0.3, 0.4) is 0 Å². The van der Waals surface area contributed by atoms with Crippen LogP contribution in [-0.2, 0) is 24.1 Å². The fourth-order valence-corrected chi connectivity index (χ4v) is 3.43. The fraction of sp³-hybridized carbons (Fsp3) is 0.500. The number of carboxylic acid groups (broad SMARTS) is 2. The third kappa shape index (κ3) is 4.21. The number of aryl methyl sites for hydroxylation is 2. The third-order valence-corrected chi connectivity index (χ3v) is 4.51. The molecule has 0 heterocycles. The van der Waals surface area contributed by atoms with E-state index in [2.05, 4.69) is 12.1 Å². The number of halogens is 1. The van der Waals surface area contributed by atoms with Gasteiger partial charge >= 0.3 is 6.16 Å². The maximum absolute atomic E-state index is 11.7. The van der Waals surface area contributed by atoms with E-state index in [1.165, 1.54) is 29.5 Å². The largest absolute Gasteiger partial charge is 0.503 e.